The average molecular weight is 301 g/mol. The van der Waals surface area contributed by atoms with Crippen molar-refractivity contribution in [2.45, 2.75) is 19.8 Å². The molecule has 116 valence electrons. The molecular formula is C16H19N3O3. The zero-order chi connectivity index (χ0) is 15.8. The molecule has 0 aliphatic carbocycles. The predicted octanol–water partition coefficient (Wildman–Crippen LogP) is 3.45. The number of carbonyl (C=O) groups is 2. The Kier molecular flexibility index (Phi) is 5.59. The van der Waals surface area contributed by atoms with Gasteiger partial charge in [0.1, 0.15) is 0 Å². The highest BCUT2D eigenvalue weighted by Crippen LogP contribution is 2.14. The van der Waals surface area contributed by atoms with Gasteiger partial charge in [0.05, 0.1) is 6.26 Å². The minimum Gasteiger partial charge on any atom is -0.459 e. The second kappa shape index (κ2) is 7.87. The first-order chi connectivity index (χ1) is 10.7. The van der Waals surface area contributed by atoms with Crippen molar-refractivity contribution in [2.75, 3.05) is 17.2 Å². The molecule has 2 aromatic rings. The third kappa shape index (κ3) is 4.66. The number of hydrogen-bond acceptors (Lipinski definition) is 3. The lowest BCUT2D eigenvalue weighted by Crippen LogP contribution is -2.29. The number of hydrogen-bond donors (Lipinski definition) is 3. The van der Waals surface area contributed by atoms with Gasteiger partial charge in [0.15, 0.2) is 5.76 Å². The lowest BCUT2D eigenvalue weighted by atomic mass is 10.2. The lowest BCUT2D eigenvalue weighted by Gasteiger charge is -2.08. The van der Waals surface area contributed by atoms with E-state index >= 15 is 0 Å². The molecule has 0 atom stereocenters. The first kappa shape index (κ1) is 15.6. The van der Waals surface area contributed by atoms with E-state index in [4.69, 9.17) is 4.42 Å². The number of anilines is 2. The van der Waals surface area contributed by atoms with Crippen LogP contribution in [0.15, 0.2) is 47.1 Å². The van der Waals surface area contributed by atoms with Gasteiger partial charge in [-0.05, 0) is 42.8 Å². The maximum Gasteiger partial charge on any atom is 0.319 e. The highest BCUT2D eigenvalue weighted by molar-refractivity contribution is 6.02. The van der Waals surface area contributed by atoms with Crippen LogP contribution in [0.2, 0.25) is 0 Å². The van der Waals surface area contributed by atoms with Crippen LogP contribution in [0.4, 0.5) is 16.2 Å². The first-order valence-electron chi connectivity index (χ1n) is 7.19. The van der Waals surface area contributed by atoms with Crippen LogP contribution < -0.4 is 16.0 Å². The van der Waals surface area contributed by atoms with Crippen LogP contribution in [0.25, 0.3) is 0 Å². The van der Waals surface area contributed by atoms with Crippen molar-refractivity contribution < 1.29 is 14.0 Å². The van der Waals surface area contributed by atoms with Crippen molar-refractivity contribution in [1.82, 2.24) is 5.32 Å². The van der Waals surface area contributed by atoms with E-state index in [1.54, 1.807) is 36.4 Å². The molecule has 22 heavy (non-hydrogen) atoms. The Morgan fingerprint density at radius 3 is 2.32 bits per heavy atom. The molecular weight excluding hydrogens is 282 g/mol. The van der Waals surface area contributed by atoms with Gasteiger partial charge in [0.2, 0.25) is 0 Å². The van der Waals surface area contributed by atoms with Crippen molar-refractivity contribution in [3.8, 4) is 0 Å². The SMILES string of the molecule is CCCCNC(=O)Nc1ccc(NC(=O)c2ccco2)cc1. The Morgan fingerprint density at radius 1 is 1.05 bits per heavy atom. The molecule has 0 bridgehead atoms. The number of carbonyl (C=O) groups excluding carboxylic acids is 2. The Morgan fingerprint density at radius 2 is 1.73 bits per heavy atom. The highest BCUT2D eigenvalue weighted by Gasteiger charge is 2.08. The van der Waals surface area contributed by atoms with Crippen LogP contribution in [0, 0.1) is 0 Å². The number of unbranched alkanes of at least 4 members (excludes halogenated alkanes) is 1. The summed E-state index contributed by atoms with van der Waals surface area (Å²) in [5.41, 5.74) is 1.28. The molecule has 0 aliphatic heterocycles. The molecule has 0 aliphatic rings. The van der Waals surface area contributed by atoms with E-state index in [2.05, 4.69) is 22.9 Å². The number of benzene rings is 1. The summed E-state index contributed by atoms with van der Waals surface area (Å²) in [4.78, 5) is 23.4. The van der Waals surface area contributed by atoms with Gasteiger partial charge in [0.25, 0.3) is 5.91 Å². The van der Waals surface area contributed by atoms with Gasteiger partial charge in [-0.1, -0.05) is 13.3 Å². The van der Waals surface area contributed by atoms with Crippen molar-refractivity contribution in [3.05, 3.63) is 48.4 Å². The Hall–Kier alpha value is -2.76. The molecule has 6 heteroatoms. The highest BCUT2D eigenvalue weighted by atomic mass is 16.3. The zero-order valence-electron chi connectivity index (χ0n) is 12.4. The fourth-order valence-corrected chi connectivity index (χ4v) is 1.79. The number of furan rings is 1. The van der Waals surface area contributed by atoms with E-state index < -0.39 is 0 Å². The number of rotatable bonds is 6. The second-order valence-electron chi connectivity index (χ2n) is 4.74. The molecule has 2 rings (SSSR count). The predicted molar refractivity (Wildman–Crippen MR) is 85.0 cm³/mol. The summed E-state index contributed by atoms with van der Waals surface area (Å²) in [5.74, 6) is -0.0690. The number of urea groups is 1. The van der Waals surface area contributed by atoms with Gasteiger partial charge in [-0.2, -0.15) is 0 Å². The smallest absolute Gasteiger partial charge is 0.319 e. The Bertz CT molecular complexity index is 606. The molecule has 0 saturated heterocycles. The van der Waals surface area contributed by atoms with Crippen LogP contribution in [0.1, 0.15) is 30.3 Å². The molecule has 3 amide bonds. The summed E-state index contributed by atoms with van der Waals surface area (Å²) < 4.78 is 5.01. The molecule has 0 spiro atoms. The quantitative estimate of drug-likeness (QED) is 0.714. The van der Waals surface area contributed by atoms with Crippen LogP contribution in [0.5, 0.6) is 0 Å². The fourth-order valence-electron chi connectivity index (χ4n) is 1.79. The normalized spacial score (nSPS) is 10.0. The second-order valence-corrected chi connectivity index (χ2v) is 4.74. The minimum atomic E-state index is -0.317. The van der Waals surface area contributed by atoms with Crippen molar-refractivity contribution in [3.63, 3.8) is 0 Å². The molecule has 0 fully saturated rings. The van der Waals surface area contributed by atoms with Gasteiger partial charge in [-0.15, -0.1) is 0 Å². The van der Waals surface area contributed by atoms with Gasteiger partial charge in [0, 0.05) is 17.9 Å². The summed E-state index contributed by atoms with van der Waals surface area (Å²) in [6.45, 7) is 2.72. The van der Waals surface area contributed by atoms with Crippen molar-refractivity contribution in [2.24, 2.45) is 0 Å². The summed E-state index contributed by atoms with van der Waals surface area (Å²) in [6, 6.07) is 9.87. The summed E-state index contributed by atoms with van der Waals surface area (Å²) in [5, 5.41) is 8.20. The summed E-state index contributed by atoms with van der Waals surface area (Å²) in [7, 11) is 0. The van der Waals surface area contributed by atoms with Crippen LogP contribution in [0.3, 0.4) is 0 Å². The van der Waals surface area contributed by atoms with E-state index in [1.807, 2.05) is 0 Å². The van der Waals surface area contributed by atoms with E-state index in [1.165, 1.54) is 6.26 Å². The fraction of sp³-hybridized carbons (Fsp3) is 0.250. The molecule has 6 nitrogen and oxygen atoms in total. The van der Waals surface area contributed by atoms with E-state index in [9.17, 15) is 9.59 Å². The largest absolute Gasteiger partial charge is 0.459 e. The van der Waals surface area contributed by atoms with Gasteiger partial charge >= 0.3 is 6.03 Å². The number of nitrogens with one attached hydrogen (secondary N) is 3. The summed E-state index contributed by atoms with van der Waals surface area (Å²) >= 11 is 0. The zero-order valence-corrected chi connectivity index (χ0v) is 12.4. The van der Waals surface area contributed by atoms with Crippen molar-refractivity contribution in [1.29, 1.82) is 0 Å². The van der Waals surface area contributed by atoms with E-state index in [0.29, 0.717) is 17.9 Å². The average Bonchev–Trinajstić information content (AvgIpc) is 3.04. The molecule has 1 heterocycles. The van der Waals surface area contributed by atoms with Gasteiger partial charge < -0.3 is 20.4 Å². The molecule has 0 radical (unpaired) electrons. The first-order valence-corrected chi connectivity index (χ1v) is 7.19. The lowest BCUT2D eigenvalue weighted by molar-refractivity contribution is 0.0996. The third-order valence-corrected chi connectivity index (χ3v) is 2.96. The van der Waals surface area contributed by atoms with Crippen LogP contribution in [-0.4, -0.2) is 18.5 Å². The maximum absolute atomic E-state index is 11.8. The standard InChI is InChI=1S/C16H19N3O3/c1-2-3-10-17-16(21)19-13-8-6-12(7-9-13)18-15(20)14-5-4-11-22-14/h4-9,11H,2-3,10H2,1H3,(H,18,20)(H2,17,19,21). The third-order valence-electron chi connectivity index (χ3n) is 2.96. The molecule has 1 aromatic carbocycles. The maximum atomic E-state index is 11.8. The van der Waals surface area contributed by atoms with Gasteiger partial charge in [-0.3, -0.25) is 4.79 Å². The monoisotopic (exact) mass is 301 g/mol. The number of amides is 3. The Labute approximate surface area is 128 Å². The minimum absolute atomic E-state index is 0.235. The van der Waals surface area contributed by atoms with E-state index in [0.717, 1.165) is 12.8 Å². The van der Waals surface area contributed by atoms with Crippen LogP contribution in [-0.2, 0) is 0 Å². The van der Waals surface area contributed by atoms with Crippen LogP contribution >= 0.6 is 0 Å². The molecule has 3 N–H and O–H groups in total. The van der Waals surface area contributed by atoms with E-state index in [-0.39, 0.29) is 17.7 Å². The molecule has 0 saturated carbocycles. The summed E-state index contributed by atoms with van der Waals surface area (Å²) in [6.07, 6.45) is 3.43. The van der Waals surface area contributed by atoms with Crippen molar-refractivity contribution >= 4 is 23.3 Å². The Balaban J connectivity index is 1.85. The molecule has 0 unspecified atom stereocenters. The topological polar surface area (TPSA) is 83.4 Å². The van der Waals surface area contributed by atoms with Gasteiger partial charge in [-0.25, -0.2) is 4.79 Å². The molecule has 1 aromatic heterocycles.